The van der Waals surface area contributed by atoms with E-state index in [0.29, 0.717) is 5.75 Å². The van der Waals surface area contributed by atoms with Crippen LogP contribution in [0.4, 0.5) is 0 Å². The first-order chi connectivity index (χ1) is 11.7. The minimum Gasteiger partial charge on any atom is -0.508 e. The second-order valence-corrected chi connectivity index (χ2v) is 6.35. The Kier molecular flexibility index (Phi) is 3.78. The fourth-order valence-corrected chi connectivity index (χ4v) is 3.43. The lowest BCUT2D eigenvalue weighted by atomic mass is 9.90. The van der Waals surface area contributed by atoms with Gasteiger partial charge in [-0.05, 0) is 36.8 Å². The summed E-state index contributed by atoms with van der Waals surface area (Å²) in [5, 5.41) is 9.82. The highest BCUT2D eigenvalue weighted by Gasteiger charge is 2.29. The summed E-state index contributed by atoms with van der Waals surface area (Å²) in [7, 11) is 0. The average Bonchev–Trinajstić information content (AvgIpc) is 3.02. The standard InChI is InChI=1S/C19H20N4O/c1-13-4-2-6-15(22-13)9-23-10-17(14-5-3-7-16(24)8-14)19-18(11-23)20-12-21-19/h2-8,12,17,24H,9-11H2,1H3,(H,20,21). The van der Waals surface area contributed by atoms with Crippen molar-refractivity contribution in [2.75, 3.05) is 6.54 Å². The maximum Gasteiger partial charge on any atom is 0.115 e. The number of fused-ring (bicyclic) bond motifs is 1. The predicted octanol–water partition coefficient (Wildman–Crippen LogP) is 2.97. The zero-order valence-electron chi connectivity index (χ0n) is 13.6. The van der Waals surface area contributed by atoms with E-state index in [-0.39, 0.29) is 5.92 Å². The van der Waals surface area contributed by atoms with Crippen molar-refractivity contribution in [1.29, 1.82) is 0 Å². The molecule has 2 N–H and O–H groups in total. The smallest absolute Gasteiger partial charge is 0.115 e. The van der Waals surface area contributed by atoms with Crippen molar-refractivity contribution in [3.05, 3.63) is 77.1 Å². The highest BCUT2D eigenvalue weighted by molar-refractivity contribution is 5.37. The van der Waals surface area contributed by atoms with Gasteiger partial charge in [0.25, 0.3) is 0 Å². The molecule has 1 atom stereocenters. The number of benzene rings is 1. The number of hydrogen-bond donors (Lipinski definition) is 2. The van der Waals surface area contributed by atoms with E-state index in [4.69, 9.17) is 0 Å². The van der Waals surface area contributed by atoms with Crippen molar-refractivity contribution in [1.82, 2.24) is 19.9 Å². The third kappa shape index (κ3) is 2.90. The number of aromatic amines is 1. The van der Waals surface area contributed by atoms with Gasteiger partial charge in [-0.25, -0.2) is 4.98 Å². The summed E-state index contributed by atoms with van der Waals surface area (Å²) in [5.41, 5.74) is 5.42. The van der Waals surface area contributed by atoms with Crippen LogP contribution in [0.3, 0.4) is 0 Å². The Morgan fingerprint density at radius 1 is 1.25 bits per heavy atom. The Hall–Kier alpha value is -2.66. The Balaban J connectivity index is 1.63. The largest absolute Gasteiger partial charge is 0.508 e. The molecule has 122 valence electrons. The fraction of sp³-hybridized carbons (Fsp3) is 0.263. The molecule has 3 aromatic rings. The second-order valence-electron chi connectivity index (χ2n) is 6.35. The van der Waals surface area contributed by atoms with Crippen molar-refractivity contribution in [2.24, 2.45) is 0 Å². The van der Waals surface area contributed by atoms with Gasteiger partial charge in [-0.15, -0.1) is 0 Å². The summed E-state index contributed by atoms with van der Waals surface area (Å²) in [5.74, 6) is 0.443. The summed E-state index contributed by atoms with van der Waals surface area (Å²) < 4.78 is 0. The molecule has 1 unspecified atom stereocenters. The number of phenolic OH excluding ortho intramolecular Hbond substituents is 1. The average molecular weight is 320 g/mol. The molecule has 0 radical (unpaired) electrons. The molecular formula is C19H20N4O. The molecule has 0 bridgehead atoms. The Morgan fingerprint density at radius 2 is 2.12 bits per heavy atom. The molecule has 3 heterocycles. The van der Waals surface area contributed by atoms with Gasteiger partial charge in [0.1, 0.15) is 5.75 Å². The third-order valence-electron chi connectivity index (χ3n) is 4.51. The van der Waals surface area contributed by atoms with E-state index in [1.165, 1.54) is 0 Å². The van der Waals surface area contributed by atoms with E-state index in [0.717, 1.165) is 48.0 Å². The Labute approximate surface area is 141 Å². The zero-order chi connectivity index (χ0) is 16.5. The molecule has 5 nitrogen and oxygen atoms in total. The molecule has 0 fully saturated rings. The SMILES string of the molecule is Cc1cccc(CN2Cc3[nH]cnc3C(c3cccc(O)c3)C2)n1. The highest BCUT2D eigenvalue weighted by Crippen LogP contribution is 2.33. The van der Waals surface area contributed by atoms with Gasteiger partial charge >= 0.3 is 0 Å². The molecule has 0 spiro atoms. The van der Waals surface area contributed by atoms with Gasteiger partial charge in [0.2, 0.25) is 0 Å². The molecule has 1 aliphatic rings. The highest BCUT2D eigenvalue weighted by atomic mass is 16.3. The van der Waals surface area contributed by atoms with Crippen LogP contribution in [0.5, 0.6) is 5.75 Å². The predicted molar refractivity (Wildman–Crippen MR) is 91.6 cm³/mol. The van der Waals surface area contributed by atoms with Crippen LogP contribution in [0.2, 0.25) is 0 Å². The van der Waals surface area contributed by atoms with Gasteiger partial charge in [0, 0.05) is 31.2 Å². The molecule has 5 heteroatoms. The van der Waals surface area contributed by atoms with Crippen LogP contribution in [0.25, 0.3) is 0 Å². The van der Waals surface area contributed by atoms with E-state index in [1.54, 1.807) is 12.4 Å². The lowest BCUT2D eigenvalue weighted by Crippen LogP contribution is -2.34. The number of aryl methyl sites for hydroxylation is 1. The van der Waals surface area contributed by atoms with Crippen LogP contribution in [0, 0.1) is 6.92 Å². The first-order valence-corrected chi connectivity index (χ1v) is 8.15. The normalized spacial score (nSPS) is 17.6. The number of hydrogen-bond acceptors (Lipinski definition) is 4. The second kappa shape index (κ2) is 6.09. The quantitative estimate of drug-likeness (QED) is 0.779. The molecule has 0 saturated carbocycles. The first kappa shape index (κ1) is 14.9. The fourth-order valence-electron chi connectivity index (χ4n) is 3.43. The van der Waals surface area contributed by atoms with Crippen LogP contribution < -0.4 is 0 Å². The van der Waals surface area contributed by atoms with Gasteiger partial charge < -0.3 is 10.1 Å². The van der Waals surface area contributed by atoms with E-state index >= 15 is 0 Å². The molecule has 24 heavy (non-hydrogen) atoms. The van der Waals surface area contributed by atoms with Crippen LogP contribution >= 0.6 is 0 Å². The monoisotopic (exact) mass is 320 g/mol. The number of nitrogens with zero attached hydrogens (tertiary/aromatic N) is 3. The van der Waals surface area contributed by atoms with Gasteiger partial charge in [-0.1, -0.05) is 18.2 Å². The zero-order valence-corrected chi connectivity index (χ0v) is 13.6. The van der Waals surface area contributed by atoms with Crippen LogP contribution in [-0.2, 0) is 13.1 Å². The lowest BCUT2D eigenvalue weighted by molar-refractivity contribution is 0.225. The number of imidazole rings is 1. The summed E-state index contributed by atoms with van der Waals surface area (Å²) in [6.45, 7) is 4.51. The Bertz CT molecular complexity index is 858. The first-order valence-electron chi connectivity index (χ1n) is 8.15. The Morgan fingerprint density at radius 3 is 2.96 bits per heavy atom. The third-order valence-corrected chi connectivity index (χ3v) is 4.51. The molecular weight excluding hydrogens is 300 g/mol. The number of nitrogens with one attached hydrogen (secondary N) is 1. The van der Waals surface area contributed by atoms with E-state index < -0.39 is 0 Å². The minimum atomic E-state index is 0.150. The minimum absolute atomic E-state index is 0.150. The molecule has 2 aromatic heterocycles. The molecule has 4 rings (SSSR count). The molecule has 0 amide bonds. The van der Waals surface area contributed by atoms with Gasteiger partial charge in [0.15, 0.2) is 0 Å². The van der Waals surface area contributed by atoms with Crippen molar-refractivity contribution < 1.29 is 5.11 Å². The van der Waals surface area contributed by atoms with E-state index in [2.05, 4.69) is 38.1 Å². The van der Waals surface area contributed by atoms with Crippen LogP contribution in [-0.4, -0.2) is 31.5 Å². The van der Waals surface area contributed by atoms with Gasteiger partial charge in [0.05, 0.1) is 23.4 Å². The number of rotatable bonds is 3. The van der Waals surface area contributed by atoms with Crippen molar-refractivity contribution in [3.63, 3.8) is 0 Å². The summed E-state index contributed by atoms with van der Waals surface area (Å²) in [4.78, 5) is 14.8. The number of aromatic nitrogens is 3. The van der Waals surface area contributed by atoms with E-state index in [9.17, 15) is 5.11 Å². The topological polar surface area (TPSA) is 65.0 Å². The van der Waals surface area contributed by atoms with E-state index in [1.807, 2.05) is 25.1 Å². The number of aromatic hydroxyl groups is 1. The van der Waals surface area contributed by atoms with Crippen LogP contribution in [0.15, 0.2) is 48.8 Å². The van der Waals surface area contributed by atoms with Gasteiger partial charge in [-0.3, -0.25) is 9.88 Å². The summed E-state index contributed by atoms with van der Waals surface area (Å²) in [6, 6.07) is 13.6. The van der Waals surface area contributed by atoms with Gasteiger partial charge in [-0.2, -0.15) is 0 Å². The maximum absolute atomic E-state index is 9.82. The maximum atomic E-state index is 9.82. The molecule has 1 aromatic carbocycles. The lowest BCUT2D eigenvalue weighted by Gasteiger charge is -2.32. The molecule has 0 aliphatic carbocycles. The van der Waals surface area contributed by atoms with Crippen molar-refractivity contribution >= 4 is 0 Å². The van der Waals surface area contributed by atoms with Crippen molar-refractivity contribution in [3.8, 4) is 5.75 Å². The molecule has 1 aliphatic heterocycles. The number of H-pyrrole nitrogens is 1. The number of pyridine rings is 1. The summed E-state index contributed by atoms with van der Waals surface area (Å²) in [6.07, 6.45) is 1.76. The summed E-state index contributed by atoms with van der Waals surface area (Å²) >= 11 is 0. The number of phenols is 1. The van der Waals surface area contributed by atoms with Crippen molar-refractivity contribution in [2.45, 2.75) is 25.9 Å². The molecule has 0 saturated heterocycles. The van der Waals surface area contributed by atoms with Crippen LogP contribution in [0.1, 0.15) is 34.3 Å².